The number of hydrogen-bond donors (Lipinski definition) is 5. The first kappa shape index (κ1) is 40.9. The fraction of sp³-hybridized carbons (Fsp3) is 0.447. The van der Waals surface area contributed by atoms with Crippen LogP contribution in [0.4, 0.5) is 4.39 Å². The van der Waals surface area contributed by atoms with Gasteiger partial charge < -0.3 is 21.3 Å². The summed E-state index contributed by atoms with van der Waals surface area (Å²) in [4.78, 5) is 50.9. The van der Waals surface area contributed by atoms with Crippen molar-refractivity contribution in [1.29, 1.82) is 0 Å². The Labute approximate surface area is 305 Å². The fourth-order valence-electron chi connectivity index (χ4n) is 6.42. The summed E-state index contributed by atoms with van der Waals surface area (Å²) in [5.41, 5.74) is 7.26. The molecule has 0 bridgehead atoms. The molecule has 0 aliphatic heterocycles. The summed E-state index contributed by atoms with van der Waals surface area (Å²) in [6.45, 7) is 5.97. The predicted molar refractivity (Wildman–Crippen MR) is 198 cm³/mol. The first-order valence-corrected chi connectivity index (χ1v) is 20.9. The van der Waals surface area contributed by atoms with Crippen molar-refractivity contribution in [1.82, 2.24) is 15.4 Å². The minimum atomic E-state index is -4.64. The van der Waals surface area contributed by atoms with Gasteiger partial charge in [-0.25, -0.2) is 12.8 Å². The summed E-state index contributed by atoms with van der Waals surface area (Å²) in [6, 6.07) is 17.9. The van der Waals surface area contributed by atoms with Crippen LogP contribution >= 0.6 is 7.37 Å². The lowest BCUT2D eigenvalue weighted by Gasteiger charge is -2.29. The van der Waals surface area contributed by atoms with Gasteiger partial charge in [0.25, 0.3) is 0 Å². The Morgan fingerprint density at radius 2 is 1.52 bits per heavy atom. The number of rotatable bonds is 16. The average Bonchev–Trinajstić information content (AvgIpc) is 3.07. The van der Waals surface area contributed by atoms with Gasteiger partial charge in [-0.15, -0.1) is 0 Å². The molecule has 4 rings (SSSR count). The van der Waals surface area contributed by atoms with E-state index in [1.807, 2.05) is 20.8 Å². The first-order chi connectivity index (χ1) is 24.4. The number of nitrogens with two attached hydrogens (primary N) is 1. The highest BCUT2D eigenvalue weighted by molar-refractivity contribution is 7.90. The zero-order valence-electron chi connectivity index (χ0n) is 29.9. The van der Waals surface area contributed by atoms with E-state index in [4.69, 9.17) is 5.73 Å². The summed E-state index contributed by atoms with van der Waals surface area (Å²) < 4.78 is 57.4. The quantitative estimate of drug-likeness (QED) is 0.129. The number of hydrogen-bond acceptors (Lipinski definition) is 6. The van der Waals surface area contributed by atoms with E-state index in [2.05, 4.69) is 15.4 Å². The van der Waals surface area contributed by atoms with E-state index in [9.17, 15) is 36.7 Å². The molecule has 3 aromatic rings. The third-order valence-corrected chi connectivity index (χ3v) is 13.1. The van der Waals surface area contributed by atoms with Crippen LogP contribution in [0.15, 0.2) is 83.8 Å². The van der Waals surface area contributed by atoms with Crippen LogP contribution in [0.25, 0.3) is 0 Å². The highest BCUT2D eigenvalue weighted by atomic mass is 32.2. The van der Waals surface area contributed by atoms with Crippen LogP contribution in [0.3, 0.4) is 0 Å². The zero-order valence-corrected chi connectivity index (χ0v) is 31.6. The van der Waals surface area contributed by atoms with E-state index in [1.54, 1.807) is 48.5 Å². The Bertz CT molecular complexity index is 1850. The second kappa shape index (κ2) is 17.7. The van der Waals surface area contributed by atoms with Crippen molar-refractivity contribution in [2.24, 2.45) is 11.7 Å². The van der Waals surface area contributed by atoms with Gasteiger partial charge >= 0.3 is 0 Å². The van der Waals surface area contributed by atoms with Crippen LogP contribution in [0.2, 0.25) is 0 Å². The standard InChI is InChI=1S/C38H50FN4O7PS/c1-38(2,3)29-17-19-31(20-18-29)52(49,50)43-35(24-27-13-8-5-9-14-27)51(47,48)25-34(44)41-33(22-26-11-6-4-7-12-26)37(46)42-32(36(40)45)23-28-15-10-16-30(39)21-28/h5,8-10,13-21,26,32-33,35,43H,4,6-7,11-12,22-25H2,1-3H3,(H2,40,45)(H,41,44)(H,42,46)(H,47,48)/t32?,33-,35-/m0/s1. The number of benzene rings is 3. The smallest absolute Gasteiger partial charge is 0.243 e. The number of carbonyl (C=O) groups excluding carboxylic acids is 3. The van der Waals surface area contributed by atoms with Gasteiger partial charge in [0.15, 0.2) is 0 Å². The van der Waals surface area contributed by atoms with Crippen molar-refractivity contribution in [3.05, 3.63) is 101 Å². The van der Waals surface area contributed by atoms with Crippen LogP contribution in [0.1, 0.15) is 76.0 Å². The molecule has 0 saturated heterocycles. The van der Waals surface area contributed by atoms with Crippen molar-refractivity contribution >= 4 is 35.1 Å². The molecule has 2 unspecified atom stereocenters. The summed E-state index contributed by atoms with van der Waals surface area (Å²) in [5.74, 6) is -4.53. The Hall–Kier alpha value is -3.90. The van der Waals surface area contributed by atoms with E-state index in [0.29, 0.717) is 11.1 Å². The topological polar surface area (TPSA) is 185 Å². The van der Waals surface area contributed by atoms with E-state index in [0.717, 1.165) is 37.7 Å². The van der Waals surface area contributed by atoms with Gasteiger partial charge in [0.05, 0.1) is 4.90 Å². The normalized spacial score (nSPS) is 16.9. The molecule has 1 saturated carbocycles. The van der Waals surface area contributed by atoms with Crippen LogP contribution in [0.5, 0.6) is 0 Å². The van der Waals surface area contributed by atoms with Gasteiger partial charge in [0, 0.05) is 6.42 Å². The Kier molecular flexibility index (Phi) is 13.9. The lowest BCUT2D eigenvalue weighted by Crippen LogP contribution is -2.54. The molecule has 3 amide bonds. The van der Waals surface area contributed by atoms with Crippen molar-refractivity contribution < 1.29 is 36.7 Å². The molecule has 52 heavy (non-hydrogen) atoms. The molecule has 0 radical (unpaired) electrons. The fourth-order valence-corrected chi connectivity index (χ4v) is 9.79. The highest BCUT2D eigenvalue weighted by Gasteiger charge is 2.38. The molecule has 6 N–H and O–H groups in total. The summed E-state index contributed by atoms with van der Waals surface area (Å²) in [6.07, 6.45) is 3.53. The summed E-state index contributed by atoms with van der Waals surface area (Å²) >= 11 is 0. The molecule has 0 heterocycles. The van der Waals surface area contributed by atoms with Crippen molar-refractivity contribution in [2.45, 2.75) is 100 Å². The monoisotopic (exact) mass is 756 g/mol. The van der Waals surface area contributed by atoms with Crippen molar-refractivity contribution in [2.75, 3.05) is 6.16 Å². The second-order valence-electron chi connectivity index (χ2n) is 14.7. The number of primary amides is 1. The molecular formula is C38H50FN4O7PS. The van der Waals surface area contributed by atoms with Gasteiger partial charge in [0.2, 0.25) is 35.1 Å². The molecule has 4 atom stereocenters. The highest BCUT2D eigenvalue weighted by Crippen LogP contribution is 2.46. The molecule has 282 valence electrons. The first-order valence-electron chi connectivity index (χ1n) is 17.5. The minimum Gasteiger partial charge on any atom is -0.368 e. The maximum atomic E-state index is 14.0. The lowest BCUT2D eigenvalue weighted by molar-refractivity contribution is -0.131. The lowest BCUT2D eigenvalue weighted by atomic mass is 9.84. The van der Waals surface area contributed by atoms with Gasteiger partial charge in [-0.05, 0) is 65.1 Å². The van der Waals surface area contributed by atoms with Crippen LogP contribution in [0, 0.1) is 11.7 Å². The van der Waals surface area contributed by atoms with Gasteiger partial charge in [0.1, 0.15) is 29.8 Å². The van der Waals surface area contributed by atoms with E-state index in [-0.39, 0.29) is 35.5 Å². The van der Waals surface area contributed by atoms with Crippen LogP contribution < -0.4 is 21.1 Å². The third kappa shape index (κ3) is 12.1. The number of carbonyl (C=O) groups is 3. The molecule has 14 heteroatoms. The molecule has 1 aliphatic carbocycles. The number of halogens is 1. The SMILES string of the molecule is CC(C)(C)c1ccc(S(=O)(=O)N[C@H](Cc2ccccc2)P(=O)(O)CC(=O)N[C@@H](CC2CCCCC2)C(=O)NC(Cc2cccc(F)c2)C(N)=O)cc1. The maximum absolute atomic E-state index is 14.0. The molecule has 0 aromatic heterocycles. The molecule has 1 aliphatic rings. The average molecular weight is 757 g/mol. The van der Waals surface area contributed by atoms with Gasteiger partial charge in [-0.2, -0.15) is 4.72 Å². The number of nitrogens with one attached hydrogen (secondary N) is 3. The number of amides is 3. The summed E-state index contributed by atoms with van der Waals surface area (Å²) in [5, 5.41) is 5.18. The van der Waals surface area contributed by atoms with Crippen LogP contribution in [-0.4, -0.2) is 55.1 Å². The Morgan fingerprint density at radius 3 is 2.12 bits per heavy atom. The minimum absolute atomic E-state index is 0.0725. The van der Waals surface area contributed by atoms with E-state index < -0.39 is 65.0 Å². The van der Waals surface area contributed by atoms with Crippen LogP contribution in [-0.2, 0) is 47.2 Å². The Balaban J connectivity index is 1.55. The molecular weight excluding hydrogens is 706 g/mol. The van der Waals surface area contributed by atoms with E-state index >= 15 is 0 Å². The second-order valence-corrected chi connectivity index (χ2v) is 18.8. The van der Waals surface area contributed by atoms with E-state index in [1.165, 1.54) is 30.3 Å². The molecule has 1 fully saturated rings. The maximum Gasteiger partial charge on any atom is 0.243 e. The van der Waals surface area contributed by atoms with Crippen molar-refractivity contribution in [3.8, 4) is 0 Å². The Morgan fingerprint density at radius 1 is 0.885 bits per heavy atom. The molecule has 11 nitrogen and oxygen atoms in total. The largest absolute Gasteiger partial charge is 0.368 e. The summed E-state index contributed by atoms with van der Waals surface area (Å²) in [7, 11) is -8.96. The number of sulfonamides is 1. The van der Waals surface area contributed by atoms with Gasteiger partial charge in [-0.1, -0.05) is 107 Å². The third-order valence-electron chi connectivity index (χ3n) is 9.39. The van der Waals surface area contributed by atoms with Gasteiger partial charge in [-0.3, -0.25) is 18.9 Å². The molecule has 3 aromatic carbocycles. The predicted octanol–water partition coefficient (Wildman–Crippen LogP) is 4.91. The molecule has 0 spiro atoms. The zero-order chi connectivity index (χ0) is 38.1. The van der Waals surface area contributed by atoms with Crippen molar-refractivity contribution in [3.63, 3.8) is 0 Å².